The predicted octanol–water partition coefficient (Wildman–Crippen LogP) is 1.74. The number of nitrogen functional groups attached to an aromatic ring is 1. The number of pyridine rings is 1. The Hall–Kier alpha value is -1.62. The molecular weight excluding hydrogens is 262 g/mol. The summed E-state index contributed by atoms with van der Waals surface area (Å²) in [7, 11) is 0. The molecule has 2 aliphatic rings. The second-order valence-corrected chi connectivity index (χ2v) is 6.20. The van der Waals surface area contributed by atoms with E-state index in [2.05, 4.69) is 14.8 Å². The highest BCUT2D eigenvalue weighted by Crippen LogP contribution is 2.26. The lowest BCUT2D eigenvalue weighted by Gasteiger charge is -2.39. The molecule has 0 aromatic carbocycles. The zero-order valence-electron chi connectivity index (χ0n) is 12.8. The molecule has 1 aliphatic heterocycles. The van der Waals surface area contributed by atoms with Crippen LogP contribution in [0, 0.1) is 12.3 Å². The quantitative estimate of drug-likeness (QED) is 0.656. The standard InChI is InChI=1S/C16H25N5/c1-12-6-7-14(15(17)18)16(19-12)21-10-8-20(9-11-21)13-4-2-3-5-13/h6-7,13H,2-5,8-11H2,1H3,(H3,17,18). The van der Waals surface area contributed by atoms with E-state index in [4.69, 9.17) is 11.1 Å². The maximum Gasteiger partial charge on any atom is 0.139 e. The number of nitrogens with one attached hydrogen (secondary N) is 1. The van der Waals surface area contributed by atoms with Crippen LogP contribution >= 0.6 is 0 Å². The molecule has 0 radical (unpaired) electrons. The van der Waals surface area contributed by atoms with Gasteiger partial charge in [-0.2, -0.15) is 0 Å². The number of aryl methyl sites for hydroxylation is 1. The number of aromatic nitrogens is 1. The smallest absolute Gasteiger partial charge is 0.139 e. The molecule has 1 aliphatic carbocycles. The van der Waals surface area contributed by atoms with Crippen molar-refractivity contribution in [3.8, 4) is 0 Å². The number of anilines is 1. The lowest BCUT2D eigenvalue weighted by molar-refractivity contribution is 0.187. The number of hydrogen-bond acceptors (Lipinski definition) is 4. The molecule has 0 bridgehead atoms. The predicted molar refractivity (Wildman–Crippen MR) is 86.0 cm³/mol. The van der Waals surface area contributed by atoms with Crippen LogP contribution in [0.5, 0.6) is 0 Å². The average Bonchev–Trinajstić information content (AvgIpc) is 3.01. The molecule has 3 rings (SSSR count). The molecule has 0 atom stereocenters. The minimum absolute atomic E-state index is 0.107. The van der Waals surface area contributed by atoms with Gasteiger partial charge in [-0.3, -0.25) is 10.3 Å². The van der Waals surface area contributed by atoms with Crippen molar-refractivity contribution in [2.24, 2.45) is 5.73 Å². The molecule has 0 spiro atoms. The molecule has 1 saturated carbocycles. The number of amidine groups is 1. The number of nitrogens with two attached hydrogens (primary N) is 1. The van der Waals surface area contributed by atoms with Gasteiger partial charge in [0, 0.05) is 37.9 Å². The molecule has 0 amide bonds. The van der Waals surface area contributed by atoms with Crippen LogP contribution in [0.15, 0.2) is 12.1 Å². The molecule has 1 saturated heterocycles. The van der Waals surface area contributed by atoms with E-state index in [0.717, 1.165) is 49.3 Å². The molecule has 114 valence electrons. The van der Waals surface area contributed by atoms with Gasteiger partial charge in [-0.25, -0.2) is 4.98 Å². The highest BCUT2D eigenvalue weighted by atomic mass is 15.3. The lowest BCUT2D eigenvalue weighted by Crippen LogP contribution is -2.50. The fourth-order valence-electron chi connectivity index (χ4n) is 3.56. The molecular formula is C16H25N5. The van der Waals surface area contributed by atoms with Gasteiger partial charge in [0.2, 0.25) is 0 Å². The molecule has 1 aromatic heterocycles. The highest BCUT2D eigenvalue weighted by molar-refractivity contribution is 5.99. The van der Waals surface area contributed by atoms with E-state index in [1.165, 1.54) is 25.7 Å². The monoisotopic (exact) mass is 287 g/mol. The Labute approximate surface area is 126 Å². The van der Waals surface area contributed by atoms with Gasteiger partial charge in [0.25, 0.3) is 0 Å². The van der Waals surface area contributed by atoms with Crippen LogP contribution in [0.25, 0.3) is 0 Å². The zero-order chi connectivity index (χ0) is 14.8. The SMILES string of the molecule is Cc1ccc(C(=N)N)c(N2CCN(C3CCCC3)CC2)n1. The average molecular weight is 287 g/mol. The van der Waals surface area contributed by atoms with Crippen LogP contribution in [-0.2, 0) is 0 Å². The van der Waals surface area contributed by atoms with E-state index in [1.54, 1.807) is 0 Å². The fourth-order valence-corrected chi connectivity index (χ4v) is 3.56. The van der Waals surface area contributed by atoms with E-state index in [1.807, 2.05) is 19.1 Å². The van der Waals surface area contributed by atoms with Crippen LogP contribution in [0.1, 0.15) is 36.9 Å². The molecule has 5 heteroatoms. The summed E-state index contributed by atoms with van der Waals surface area (Å²) in [5, 5.41) is 7.74. The number of nitrogens with zero attached hydrogens (tertiary/aromatic N) is 3. The molecule has 2 heterocycles. The van der Waals surface area contributed by atoms with Crippen molar-refractivity contribution in [2.45, 2.75) is 38.6 Å². The molecule has 5 nitrogen and oxygen atoms in total. The lowest BCUT2D eigenvalue weighted by atomic mass is 10.1. The third-order valence-corrected chi connectivity index (χ3v) is 4.76. The molecule has 2 fully saturated rings. The Bertz CT molecular complexity index is 513. The van der Waals surface area contributed by atoms with Gasteiger partial charge in [-0.15, -0.1) is 0 Å². The zero-order valence-corrected chi connectivity index (χ0v) is 12.8. The summed E-state index contributed by atoms with van der Waals surface area (Å²) in [6.07, 6.45) is 5.50. The van der Waals surface area contributed by atoms with E-state index < -0.39 is 0 Å². The number of hydrogen-bond donors (Lipinski definition) is 2. The van der Waals surface area contributed by atoms with Gasteiger partial charge in [0.05, 0.1) is 5.56 Å². The van der Waals surface area contributed by atoms with Crippen LogP contribution in [0.4, 0.5) is 5.82 Å². The minimum Gasteiger partial charge on any atom is -0.384 e. The van der Waals surface area contributed by atoms with Gasteiger partial charge in [0.1, 0.15) is 11.7 Å². The van der Waals surface area contributed by atoms with E-state index in [9.17, 15) is 0 Å². The van der Waals surface area contributed by atoms with Crippen molar-refractivity contribution in [3.05, 3.63) is 23.4 Å². The van der Waals surface area contributed by atoms with Crippen molar-refractivity contribution in [3.63, 3.8) is 0 Å². The van der Waals surface area contributed by atoms with Crippen LogP contribution < -0.4 is 10.6 Å². The summed E-state index contributed by atoms with van der Waals surface area (Å²) in [5.41, 5.74) is 7.44. The van der Waals surface area contributed by atoms with Crippen LogP contribution in [-0.4, -0.2) is 47.9 Å². The van der Waals surface area contributed by atoms with Gasteiger partial charge in [-0.05, 0) is 31.9 Å². The van der Waals surface area contributed by atoms with Crippen molar-refractivity contribution in [1.29, 1.82) is 5.41 Å². The minimum atomic E-state index is 0.107. The third kappa shape index (κ3) is 3.02. The highest BCUT2D eigenvalue weighted by Gasteiger charge is 2.27. The number of rotatable bonds is 3. The van der Waals surface area contributed by atoms with Gasteiger partial charge in [0.15, 0.2) is 0 Å². The molecule has 21 heavy (non-hydrogen) atoms. The topological polar surface area (TPSA) is 69.2 Å². The Balaban J connectivity index is 1.71. The van der Waals surface area contributed by atoms with Crippen molar-refractivity contribution < 1.29 is 0 Å². The summed E-state index contributed by atoms with van der Waals surface area (Å²) >= 11 is 0. The number of piperazine rings is 1. The van der Waals surface area contributed by atoms with Gasteiger partial charge >= 0.3 is 0 Å². The van der Waals surface area contributed by atoms with Gasteiger partial charge < -0.3 is 10.6 Å². The maximum atomic E-state index is 7.74. The summed E-state index contributed by atoms with van der Waals surface area (Å²) in [6.45, 7) is 6.14. The summed E-state index contributed by atoms with van der Waals surface area (Å²) in [6, 6.07) is 4.64. The first-order chi connectivity index (χ1) is 10.1. The van der Waals surface area contributed by atoms with Crippen molar-refractivity contribution >= 4 is 11.7 Å². The fraction of sp³-hybridized carbons (Fsp3) is 0.625. The Morgan fingerprint density at radius 2 is 1.86 bits per heavy atom. The summed E-state index contributed by atoms with van der Waals surface area (Å²) in [4.78, 5) is 9.55. The normalized spacial score (nSPS) is 20.9. The van der Waals surface area contributed by atoms with E-state index in [0.29, 0.717) is 0 Å². The summed E-state index contributed by atoms with van der Waals surface area (Å²) < 4.78 is 0. The van der Waals surface area contributed by atoms with Gasteiger partial charge in [-0.1, -0.05) is 12.8 Å². The summed E-state index contributed by atoms with van der Waals surface area (Å²) in [5.74, 6) is 0.990. The second kappa shape index (κ2) is 6.02. The van der Waals surface area contributed by atoms with Crippen LogP contribution in [0.3, 0.4) is 0 Å². The van der Waals surface area contributed by atoms with E-state index in [-0.39, 0.29) is 5.84 Å². The van der Waals surface area contributed by atoms with Crippen LogP contribution in [0.2, 0.25) is 0 Å². The first kappa shape index (κ1) is 14.3. The maximum absolute atomic E-state index is 7.74. The van der Waals surface area contributed by atoms with E-state index >= 15 is 0 Å². The largest absolute Gasteiger partial charge is 0.384 e. The van der Waals surface area contributed by atoms with Crippen molar-refractivity contribution in [2.75, 3.05) is 31.1 Å². The molecule has 1 aromatic rings. The Kier molecular flexibility index (Phi) is 4.10. The Morgan fingerprint density at radius 3 is 2.48 bits per heavy atom. The van der Waals surface area contributed by atoms with Crippen molar-refractivity contribution in [1.82, 2.24) is 9.88 Å². The molecule has 0 unspecified atom stereocenters. The Morgan fingerprint density at radius 1 is 1.19 bits per heavy atom. The second-order valence-electron chi connectivity index (χ2n) is 6.20. The third-order valence-electron chi connectivity index (χ3n) is 4.76. The first-order valence-electron chi connectivity index (χ1n) is 7.96. The first-order valence-corrected chi connectivity index (χ1v) is 7.96. The molecule has 3 N–H and O–H groups in total.